The van der Waals surface area contributed by atoms with Gasteiger partial charge in [0.25, 0.3) is 0 Å². The van der Waals surface area contributed by atoms with E-state index in [1.807, 2.05) is 30.3 Å². The second kappa shape index (κ2) is 12.6. The molecular weight excluding hydrogens is 646 g/mol. The fraction of sp³-hybridized carbons (Fsp3) is 0.302. The number of rotatable bonds is 8. The summed E-state index contributed by atoms with van der Waals surface area (Å²) in [5.74, 6) is 3.22. The van der Waals surface area contributed by atoms with E-state index in [1.165, 1.54) is 22.3 Å². The topological polar surface area (TPSA) is 49.4 Å². The summed E-state index contributed by atoms with van der Waals surface area (Å²) in [6.07, 6.45) is 6.35. The van der Waals surface area contributed by atoms with E-state index in [-0.39, 0.29) is 5.41 Å². The lowest BCUT2D eigenvalue weighted by atomic mass is 9.71. The van der Waals surface area contributed by atoms with Gasteiger partial charge < -0.3 is 28.6 Å². The molecule has 0 radical (unpaired) electrons. The number of halogens is 1. The van der Waals surface area contributed by atoms with Gasteiger partial charge in [-0.3, -0.25) is 0 Å². The normalized spacial score (nSPS) is 16.7. The van der Waals surface area contributed by atoms with Gasteiger partial charge in [-0.05, 0) is 95.1 Å². The average Bonchev–Trinajstić information content (AvgIpc) is 3.47. The van der Waals surface area contributed by atoms with Gasteiger partial charge in [-0.15, -0.1) is 0 Å². The van der Waals surface area contributed by atoms with E-state index >= 15 is 0 Å². The van der Waals surface area contributed by atoms with Gasteiger partial charge in [0, 0.05) is 45.6 Å². The molecular formula is C43H42ClNO5. The van der Waals surface area contributed by atoms with Crippen molar-refractivity contribution in [1.82, 2.24) is 0 Å². The number of methoxy groups -OCH3 is 3. The molecule has 5 aromatic rings. The molecule has 2 heterocycles. The van der Waals surface area contributed by atoms with E-state index in [0.29, 0.717) is 13.2 Å². The largest absolute Gasteiger partial charge is 0.497 e. The van der Waals surface area contributed by atoms with Crippen LogP contribution in [-0.2, 0) is 15.8 Å². The molecule has 0 N–H and O–H groups in total. The van der Waals surface area contributed by atoms with Crippen molar-refractivity contribution in [2.24, 2.45) is 0 Å². The van der Waals surface area contributed by atoms with Crippen molar-refractivity contribution < 1.29 is 23.7 Å². The standard InChI is InChI=1S/C43H42ClNO5/c1-6-42(7-2)36-24-29(44)12-17-32(36)39-34-25-37(45-20-22-49-23-21-45)38(48-5)26-35(34)41-33(40(39)42)18-19-43(50-41,27-8-13-30(46-3)14-9-27)28-10-15-31(47-4)16-11-28/h8-19,24-26H,6-7,20-23H2,1-5H3. The van der Waals surface area contributed by atoms with Crippen LogP contribution in [0, 0.1) is 0 Å². The highest BCUT2D eigenvalue weighted by Crippen LogP contribution is 2.61. The van der Waals surface area contributed by atoms with Crippen molar-refractivity contribution in [3.63, 3.8) is 0 Å². The third-order valence-electron chi connectivity index (χ3n) is 11.2. The summed E-state index contributed by atoms with van der Waals surface area (Å²) in [6.45, 7) is 7.54. The van der Waals surface area contributed by atoms with Gasteiger partial charge in [0.05, 0.1) is 40.2 Å². The Morgan fingerprint density at radius 3 is 1.98 bits per heavy atom. The Morgan fingerprint density at radius 1 is 0.760 bits per heavy atom. The zero-order chi connectivity index (χ0) is 34.6. The number of hydrogen-bond acceptors (Lipinski definition) is 6. The summed E-state index contributed by atoms with van der Waals surface area (Å²) in [6, 6.07) is 27.2. The highest BCUT2D eigenvalue weighted by Gasteiger charge is 2.47. The van der Waals surface area contributed by atoms with Crippen molar-refractivity contribution >= 4 is 34.1 Å². The quantitative estimate of drug-likeness (QED) is 0.162. The van der Waals surface area contributed by atoms with E-state index in [9.17, 15) is 0 Å². The van der Waals surface area contributed by atoms with Gasteiger partial charge in [0.2, 0.25) is 0 Å². The SMILES string of the molecule is CCC1(CC)c2cc(Cl)ccc2-c2c1c1c(c3cc(OC)c(N4CCOCC4)cc23)OC(c2ccc(OC)cc2)(c2ccc(OC)cc2)C=C1. The molecule has 8 rings (SSSR count). The average molecular weight is 688 g/mol. The maximum atomic E-state index is 7.58. The minimum absolute atomic E-state index is 0.249. The molecule has 5 aromatic carbocycles. The number of anilines is 1. The predicted octanol–water partition coefficient (Wildman–Crippen LogP) is 9.79. The van der Waals surface area contributed by atoms with Crippen LogP contribution in [0.15, 0.2) is 84.9 Å². The summed E-state index contributed by atoms with van der Waals surface area (Å²) >= 11 is 6.76. The third kappa shape index (κ3) is 4.79. The predicted molar refractivity (Wildman–Crippen MR) is 202 cm³/mol. The van der Waals surface area contributed by atoms with Crippen LogP contribution in [-0.4, -0.2) is 47.6 Å². The maximum Gasteiger partial charge on any atom is 0.178 e. The van der Waals surface area contributed by atoms with Crippen LogP contribution in [0.4, 0.5) is 5.69 Å². The molecule has 6 nitrogen and oxygen atoms in total. The second-order valence-electron chi connectivity index (χ2n) is 13.3. The molecule has 256 valence electrons. The molecule has 0 unspecified atom stereocenters. The van der Waals surface area contributed by atoms with Gasteiger partial charge in [0.1, 0.15) is 23.0 Å². The first-order valence-corrected chi connectivity index (χ1v) is 17.8. The molecule has 7 heteroatoms. The van der Waals surface area contributed by atoms with Crippen molar-refractivity contribution in [3.8, 4) is 34.1 Å². The van der Waals surface area contributed by atoms with Crippen molar-refractivity contribution in [2.75, 3.05) is 52.5 Å². The molecule has 0 saturated carbocycles. The second-order valence-corrected chi connectivity index (χ2v) is 13.7. The Balaban J connectivity index is 1.47. The smallest absolute Gasteiger partial charge is 0.178 e. The number of ether oxygens (including phenoxy) is 5. The Bertz CT molecular complexity index is 2060. The molecule has 0 bridgehead atoms. The van der Waals surface area contributed by atoms with Crippen LogP contribution in [0.3, 0.4) is 0 Å². The van der Waals surface area contributed by atoms with Crippen molar-refractivity contribution in [3.05, 3.63) is 118 Å². The molecule has 2 aliphatic heterocycles. The van der Waals surface area contributed by atoms with Crippen LogP contribution in [0.25, 0.3) is 28.0 Å². The van der Waals surface area contributed by atoms with Gasteiger partial charge in [-0.1, -0.05) is 61.9 Å². The summed E-state index contributed by atoms with van der Waals surface area (Å²) in [4.78, 5) is 2.37. The number of fused-ring (bicyclic) bond motifs is 8. The minimum Gasteiger partial charge on any atom is -0.497 e. The van der Waals surface area contributed by atoms with Gasteiger partial charge >= 0.3 is 0 Å². The summed E-state index contributed by atoms with van der Waals surface area (Å²) in [5.41, 5.74) is 8.02. The molecule has 0 amide bonds. The Kier molecular flexibility index (Phi) is 8.20. The molecule has 3 aliphatic rings. The van der Waals surface area contributed by atoms with Gasteiger partial charge in [-0.2, -0.15) is 0 Å². The number of benzene rings is 5. The first kappa shape index (κ1) is 32.5. The summed E-state index contributed by atoms with van der Waals surface area (Å²) in [7, 11) is 5.12. The first-order chi connectivity index (χ1) is 24.4. The Hall–Kier alpha value is -4.65. The lowest BCUT2D eigenvalue weighted by Gasteiger charge is -2.39. The van der Waals surface area contributed by atoms with Crippen molar-refractivity contribution in [1.29, 1.82) is 0 Å². The molecule has 50 heavy (non-hydrogen) atoms. The fourth-order valence-corrected chi connectivity index (χ4v) is 8.72. The van der Waals surface area contributed by atoms with Gasteiger partial charge in [-0.25, -0.2) is 0 Å². The van der Waals surface area contributed by atoms with Crippen LogP contribution in [0.2, 0.25) is 5.02 Å². The number of morpholine rings is 1. The van der Waals surface area contributed by atoms with E-state index < -0.39 is 5.60 Å². The molecule has 0 spiro atoms. The lowest BCUT2D eigenvalue weighted by molar-refractivity contribution is 0.122. The molecule has 1 saturated heterocycles. The molecule has 0 atom stereocenters. The molecule has 1 aliphatic carbocycles. The monoisotopic (exact) mass is 687 g/mol. The maximum absolute atomic E-state index is 7.58. The van der Waals surface area contributed by atoms with E-state index in [0.717, 1.165) is 87.1 Å². The highest BCUT2D eigenvalue weighted by atomic mass is 35.5. The fourth-order valence-electron chi connectivity index (χ4n) is 8.55. The van der Waals surface area contributed by atoms with Crippen LogP contribution < -0.4 is 23.8 Å². The van der Waals surface area contributed by atoms with Crippen LogP contribution in [0.1, 0.15) is 54.5 Å². The van der Waals surface area contributed by atoms with E-state index in [2.05, 4.69) is 79.4 Å². The number of hydrogen-bond donors (Lipinski definition) is 0. The number of nitrogens with zero attached hydrogens (tertiary/aromatic N) is 1. The van der Waals surface area contributed by atoms with Crippen LogP contribution >= 0.6 is 11.6 Å². The summed E-state index contributed by atoms with van der Waals surface area (Å²) < 4.78 is 30.6. The van der Waals surface area contributed by atoms with E-state index in [1.54, 1.807) is 21.3 Å². The minimum atomic E-state index is -0.932. The summed E-state index contributed by atoms with van der Waals surface area (Å²) in [5, 5.41) is 2.90. The van der Waals surface area contributed by atoms with E-state index in [4.69, 9.17) is 35.3 Å². The zero-order valence-electron chi connectivity index (χ0n) is 29.3. The van der Waals surface area contributed by atoms with Crippen LogP contribution in [0.5, 0.6) is 23.0 Å². The Morgan fingerprint density at radius 2 is 1.40 bits per heavy atom. The van der Waals surface area contributed by atoms with Gasteiger partial charge in [0.15, 0.2) is 5.60 Å². The van der Waals surface area contributed by atoms with Crippen molar-refractivity contribution in [2.45, 2.75) is 37.7 Å². The third-order valence-corrected chi connectivity index (χ3v) is 11.4. The highest BCUT2D eigenvalue weighted by molar-refractivity contribution is 6.31. The molecule has 1 fully saturated rings. The first-order valence-electron chi connectivity index (χ1n) is 17.4. The molecule has 0 aromatic heterocycles. The Labute approximate surface area is 299 Å². The lowest BCUT2D eigenvalue weighted by Crippen LogP contribution is -2.36. The zero-order valence-corrected chi connectivity index (χ0v) is 30.0.